The fourth-order valence-electron chi connectivity index (χ4n) is 7.83. The molecule has 0 aromatic heterocycles. The third-order valence-corrected chi connectivity index (χ3v) is 10.1. The van der Waals surface area contributed by atoms with E-state index in [4.69, 9.17) is 5.11 Å². The molecule has 2 N–H and O–H groups in total. The maximum atomic E-state index is 14.0. The number of benzene rings is 1. The van der Waals surface area contributed by atoms with Gasteiger partial charge in [0.2, 0.25) is 11.8 Å². The first kappa shape index (κ1) is 28.0. The second kappa shape index (κ2) is 10.1. The number of carboxylic acid groups (broad SMARTS) is 1. The number of carboxylic acids is 1. The number of aromatic hydroxyl groups is 1. The Balaban J connectivity index is 1.53. The lowest BCUT2D eigenvalue weighted by Crippen LogP contribution is -2.55. The molecule has 5 rings (SSSR count). The van der Waals surface area contributed by atoms with Crippen LogP contribution in [0.4, 0.5) is 0 Å². The fourth-order valence-corrected chi connectivity index (χ4v) is 7.83. The second-order valence-corrected chi connectivity index (χ2v) is 12.2. The van der Waals surface area contributed by atoms with Crippen molar-refractivity contribution in [3.8, 4) is 5.75 Å². The van der Waals surface area contributed by atoms with E-state index in [-0.39, 0.29) is 48.0 Å². The molecule has 1 aromatic rings. The van der Waals surface area contributed by atoms with E-state index in [1.807, 2.05) is 19.1 Å². The Hall–Kier alpha value is -3.55. The summed E-state index contributed by atoms with van der Waals surface area (Å²) in [4.78, 5) is 67.1. The zero-order chi connectivity index (χ0) is 29.1. The predicted octanol–water partition coefficient (Wildman–Crippen LogP) is 4.49. The molecule has 2 fully saturated rings. The number of aliphatic carboxylic acids is 1. The molecule has 0 spiro atoms. The number of carbonyl (C=O) groups excluding carboxylic acids is 4. The van der Waals surface area contributed by atoms with Gasteiger partial charge in [-0.1, -0.05) is 37.1 Å². The number of phenols is 1. The van der Waals surface area contributed by atoms with E-state index in [0.29, 0.717) is 48.8 Å². The normalized spacial score (nSPS) is 31.6. The maximum Gasteiger partial charge on any atom is 0.303 e. The van der Waals surface area contributed by atoms with Gasteiger partial charge in [-0.2, -0.15) is 0 Å². The summed E-state index contributed by atoms with van der Waals surface area (Å²) in [5.41, 5.74) is 2.30. The molecule has 0 radical (unpaired) electrons. The summed E-state index contributed by atoms with van der Waals surface area (Å²) in [6.07, 6.45) is 4.44. The number of ketones is 2. The Kier molecular flexibility index (Phi) is 7.09. The highest BCUT2D eigenvalue weighted by Gasteiger charge is 2.63. The number of fused-ring (bicyclic) bond motifs is 4. The van der Waals surface area contributed by atoms with Crippen LogP contribution in [0.5, 0.6) is 5.75 Å². The minimum absolute atomic E-state index is 0.0564. The summed E-state index contributed by atoms with van der Waals surface area (Å²) >= 11 is 0. The highest BCUT2D eigenvalue weighted by Crippen LogP contribution is 2.63. The number of rotatable bonds is 7. The molecule has 0 unspecified atom stereocenters. The number of imide groups is 1. The Morgan fingerprint density at radius 2 is 1.73 bits per heavy atom. The van der Waals surface area contributed by atoms with Crippen LogP contribution in [0.25, 0.3) is 0 Å². The predicted molar refractivity (Wildman–Crippen MR) is 146 cm³/mol. The first-order valence-corrected chi connectivity index (χ1v) is 14.2. The average Bonchev–Trinajstić information content (AvgIpc) is 3.16. The van der Waals surface area contributed by atoms with E-state index in [1.165, 1.54) is 4.90 Å². The van der Waals surface area contributed by atoms with Crippen molar-refractivity contribution in [1.82, 2.24) is 4.90 Å². The minimum Gasteiger partial charge on any atom is -0.508 e. The largest absolute Gasteiger partial charge is 0.508 e. The third kappa shape index (κ3) is 4.14. The van der Waals surface area contributed by atoms with E-state index < -0.39 is 35.1 Å². The molecule has 8 nitrogen and oxygen atoms in total. The van der Waals surface area contributed by atoms with Crippen LogP contribution in [-0.2, 0) is 24.0 Å². The number of unbranched alkanes of at least 4 members (excludes halogenated alkanes) is 2. The van der Waals surface area contributed by atoms with Crippen molar-refractivity contribution >= 4 is 29.4 Å². The number of carbonyl (C=O) groups is 5. The number of Topliss-reactive ketones (excluding diaryl/α,β-unsaturated/α-hetero) is 2. The Morgan fingerprint density at radius 1 is 1.00 bits per heavy atom. The second-order valence-electron chi connectivity index (χ2n) is 12.2. The van der Waals surface area contributed by atoms with Crippen LogP contribution in [-0.4, -0.2) is 51.0 Å². The van der Waals surface area contributed by atoms with Crippen LogP contribution in [0.3, 0.4) is 0 Å². The lowest BCUT2D eigenvalue weighted by Gasteiger charge is -2.54. The number of aryl methyl sites for hydroxylation is 1. The molecule has 212 valence electrons. The standard InChI is InChI=1S/C32H37NO7/c1-16-14-19(9-12-24(16)34)27-20-10-11-21-26(31(40)33(30(21)39)13-7-5-6-8-25(35)36)22(20)15-23-28(37)17(2)18(3)29(38)32(23,27)4/h9-10,12,14,21-23,26-27,34H,5-8,11,13,15H2,1-4H3,(H,35,36)/t21-,22+,23-,26-,27-,32+/m0/s1. The number of phenolic OH excluding ortho intramolecular Hbond substituents is 1. The smallest absolute Gasteiger partial charge is 0.303 e. The van der Waals surface area contributed by atoms with Crippen LogP contribution in [0, 0.1) is 36.0 Å². The van der Waals surface area contributed by atoms with Gasteiger partial charge in [0.25, 0.3) is 0 Å². The summed E-state index contributed by atoms with van der Waals surface area (Å²) in [7, 11) is 0. The molecular weight excluding hydrogens is 510 g/mol. The summed E-state index contributed by atoms with van der Waals surface area (Å²) in [5.74, 6) is -3.84. The van der Waals surface area contributed by atoms with Crippen LogP contribution in [0.15, 0.2) is 41.0 Å². The SMILES string of the molecule is CC1=C(C)C(=O)[C@@]2(C)[C@@H](c3ccc(O)c(C)c3)C3=CC[C@@H]4C(=O)N(CCCCCC(=O)O)C(=O)[C@@H]4[C@@H]3C[C@H]2C1=O. The zero-order valence-electron chi connectivity index (χ0n) is 23.5. The molecule has 1 aliphatic heterocycles. The van der Waals surface area contributed by atoms with Gasteiger partial charge in [-0.05, 0) is 80.7 Å². The Labute approximate surface area is 234 Å². The van der Waals surface area contributed by atoms with Crippen molar-refractivity contribution in [2.75, 3.05) is 6.54 Å². The van der Waals surface area contributed by atoms with E-state index in [0.717, 1.165) is 11.1 Å². The summed E-state index contributed by atoms with van der Waals surface area (Å²) in [6.45, 7) is 7.32. The van der Waals surface area contributed by atoms with Crippen LogP contribution >= 0.6 is 0 Å². The van der Waals surface area contributed by atoms with Crippen molar-refractivity contribution in [2.45, 2.75) is 72.1 Å². The Bertz CT molecular complexity index is 1390. The van der Waals surface area contributed by atoms with Crippen molar-refractivity contribution in [3.05, 3.63) is 52.1 Å². The van der Waals surface area contributed by atoms with Gasteiger partial charge in [-0.3, -0.25) is 28.9 Å². The number of nitrogens with zero attached hydrogens (tertiary/aromatic N) is 1. The quantitative estimate of drug-likeness (QED) is 0.292. The lowest BCUT2D eigenvalue weighted by atomic mass is 9.46. The monoisotopic (exact) mass is 547 g/mol. The number of amides is 2. The summed E-state index contributed by atoms with van der Waals surface area (Å²) < 4.78 is 0. The minimum atomic E-state index is -1.05. The van der Waals surface area contributed by atoms with Crippen LogP contribution in [0.1, 0.15) is 76.3 Å². The molecule has 40 heavy (non-hydrogen) atoms. The zero-order valence-corrected chi connectivity index (χ0v) is 23.5. The number of hydrogen-bond acceptors (Lipinski definition) is 6. The fraction of sp³-hybridized carbons (Fsp3) is 0.531. The van der Waals surface area contributed by atoms with Gasteiger partial charge in [-0.25, -0.2) is 0 Å². The number of likely N-dealkylation sites (tertiary alicyclic amines) is 1. The van der Waals surface area contributed by atoms with Gasteiger partial charge in [0.15, 0.2) is 11.6 Å². The van der Waals surface area contributed by atoms with Gasteiger partial charge in [0.1, 0.15) is 5.75 Å². The number of allylic oxidation sites excluding steroid dienone is 4. The van der Waals surface area contributed by atoms with E-state index in [1.54, 1.807) is 32.9 Å². The molecule has 1 heterocycles. The lowest BCUT2D eigenvalue weighted by molar-refractivity contribution is -0.143. The molecule has 1 saturated heterocycles. The average molecular weight is 548 g/mol. The Morgan fingerprint density at radius 3 is 2.40 bits per heavy atom. The molecule has 2 amide bonds. The maximum absolute atomic E-state index is 14.0. The van der Waals surface area contributed by atoms with Gasteiger partial charge in [-0.15, -0.1) is 0 Å². The first-order valence-electron chi connectivity index (χ1n) is 14.2. The molecule has 3 aliphatic carbocycles. The van der Waals surface area contributed by atoms with E-state index in [9.17, 15) is 29.1 Å². The van der Waals surface area contributed by atoms with Crippen LogP contribution in [0.2, 0.25) is 0 Å². The van der Waals surface area contributed by atoms with Crippen molar-refractivity contribution in [1.29, 1.82) is 0 Å². The third-order valence-electron chi connectivity index (χ3n) is 10.1. The van der Waals surface area contributed by atoms with Crippen molar-refractivity contribution < 1.29 is 34.2 Å². The number of hydrogen-bond donors (Lipinski definition) is 2. The molecule has 0 bridgehead atoms. The van der Waals surface area contributed by atoms with Gasteiger partial charge in [0.05, 0.1) is 17.3 Å². The molecular formula is C32H37NO7. The summed E-state index contributed by atoms with van der Waals surface area (Å²) in [6, 6.07) is 5.27. The van der Waals surface area contributed by atoms with Crippen molar-refractivity contribution in [3.63, 3.8) is 0 Å². The van der Waals surface area contributed by atoms with E-state index in [2.05, 4.69) is 0 Å². The molecule has 4 aliphatic rings. The molecule has 1 aromatic carbocycles. The molecule has 1 saturated carbocycles. The van der Waals surface area contributed by atoms with E-state index >= 15 is 0 Å². The molecule has 8 heteroatoms. The summed E-state index contributed by atoms with van der Waals surface area (Å²) in [5, 5.41) is 19.1. The van der Waals surface area contributed by atoms with Crippen LogP contribution < -0.4 is 0 Å². The highest BCUT2D eigenvalue weighted by molar-refractivity contribution is 6.16. The molecule has 6 atom stereocenters. The van der Waals surface area contributed by atoms with Crippen molar-refractivity contribution in [2.24, 2.45) is 29.1 Å². The van der Waals surface area contributed by atoms with Gasteiger partial charge in [0, 0.05) is 24.8 Å². The van der Waals surface area contributed by atoms with Gasteiger partial charge < -0.3 is 10.2 Å². The van der Waals surface area contributed by atoms with Gasteiger partial charge >= 0.3 is 5.97 Å². The highest BCUT2D eigenvalue weighted by atomic mass is 16.4. The topological polar surface area (TPSA) is 129 Å². The first-order chi connectivity index (χ1) is 18.9.